The number of amides is 1. The molecule has 0 aromatic heterocycles. The zero-order valence-electron chi connectivity index (χ0n) is 13.7. The van der Waals surface area contributed by atoms with Crippen LogP contribution in [-0.2, 0) is 9.53 Å². The van der Waals surface area contributed by atoms with E-state index in [0.717, 1.165) is 25.9 Å². The van der Waals surface area contributed by atoms with E-state index in [1.165, 1.54) is 38.5 Å². The van der Waals surface area contributed by atoms with Crippen molar-refractivity contribution in [3.05, 3.63) is 0 Å². The maximum Gasteiger partial charge on any atom is 0.248 e. The van der Waals surface area contributed by atoms with E-state index in [0.29, 0.717) is 4.99 Å². The number of ether oxygens (including phenoxy) is 1. The third kappa shape index (κ3) is 12.8. The number of unbranched alkanes of at least 4 members (excludes halogenated alkanes) is 6. The molecule has 0 aromatic rings. The molecule has 4 nitrogen and oxygen atoms in total. The lowest BCUT2D eigenvalue weighted by Gasteiger charge is -2.22. The number of rotatable bonds is 14. The van der Waals surface area contributed by atoms with Gasteiger partial charge in [-0.25, -0.2) is 0 Å². The molecule has 0 spiro atoms. The molecule has 0 aliphatic rings. The largest absolute Gasteiger partial charge is 0.391 e. The van der Waals surface area contributed by atoms with Gasteiger partial charge in [-0.15, -0.1) is 0 Å². The highest BCUT2D eigenvalue weighted by Gasteiger charge is 2.13. The van der Waals surface area contributed by atoms with Gasteiger partial charge >= 0.3 is 0 Å². The predicted octanol–water partition coefficient (Wildman–Crippen LogP) is 3.28. The Hall–Kier alpha value is -0.680. The van der Waals surface area contributed by atoms with Crippen LogP contribution >= 0.6 is 12.2 Å². The van der Waals surface area contributed by atoms with E-state index >= 15 is 0 Å². The summed E-state index contributed by atoms with van der Waals surface area (Å²) in [6.45, 7) is 6.32. The minimum absolute atomic E-state index is 0.0549. The fourth-order valence-electron chi connectivity index (χ4n) is 2.15. The Balaban J connectivity index is 4.07. The van der Waals surface area contributed by atoms with Crippen molar-refractivity contribution in [3.63, 3.8) is 0 Å². The Morgan fingerprint density at radius 1 is 0.952 bits per heavy atom. The van der Waals surface area contributed by atoms with Gasteiger partial charge in [0.15, 0.2) is 0 Å². The maximum atomic E-state index is 12.2. The molecule has 0 atom stereocenters. The molecule has 5 heteroatoms. The Kier molecular flexibility index (Phi) is 13.8. The quantitative estimate of drug-likeness (QED) is 0.395. The summed E-state index contributed by atoms with van der Waals surface area (Å²) in [5, 5.41) is 0. The minimum Gasteiger partial charge on any atom is -0.391 e. The summed E-state index contributed by atoms with van der Waals surface area (Å²) >= 11 is 4.74. The fourth-order valence-corrected chi connectivity index (χ4v) is 2.23. The van der Waals surface area contributed by atoms with Gasteiger partial charge in [0, 0.05) is 13.1 Å². The highest BCUT2D eigenvalue weighted by Crippen LogP contribution is 2.06. The molecule has 2 N–H and O–H groups in total. The molecule has 0 radical (unpaired) electrons. The number of nitrogens with zero attached hydrogens (tertiary/aromatic N) is 1. The number of nitrogens with two attached hydrogens (primary N) is 1. The van der Waals surface area contributed by atoms with Crippen molar-refractivity contribution in [3.8, 4) is 0 Å². The standard InChI is InChI=1S/C16H32N2O2S/c1-3-5-7-9-11-18(12-10-8-6-4-2)16(19)14-20-13-15(17)21/h3-14H2,1-2H3,(H2,17,21). The molecule has 0 unspecified atom stereocenters. The summed E-state index contributed by atoms with van der Waals surface area (Å²) in [6, 6.07) is 0. The Labute approximate surface area is 135 Å². The van der Waals surface area contributed by atoms with Crippen LogP contribution in [0.1, 0.15) is 65.2 Å². The fraction of sp³-hybridized carbons (Fsp3) is 0.875. The number of carbonyl (C=O) groups is 1. The van der Waals surface area contributed by atoms with Crippen LogP contribution in [0.15, 0.2) is 0 Å². The van der Waals surface area contributed by atoms with Gasteiger partial charge in [-0.3, -0.25) is 4.79 Å². The molecule has 0 saturated heterocycles. The molecule has 0 rings (SSSR count). The van der Waals surface area contributed by atoms with Crippen molar-refractivity contribution in [1.29, 1.82) is 0 Å². The Bertz CT molecular complexity index is 273. The topological polar surface area (TPSA) is 55.6 Å². The molecule has 0 aliphatic carbocycles. The number of carbonyl (C=O) groups excluding carboxylic acids is 1. The van der Waals surface area contributed by atoms with E-state index in [4.69, 9.17) is 22.7 Å². The van der Waals surface area contributed by atoms with Crippen molar-refractivity contribution in [2.75, 3.05) is 26.3 Å². The second-order valence-electron chi connectivity index (χ2n) is 5.46. The predicted molar refractivity (Wildman–Crippen MR) is 92.5 cm³/mol. The molecule has 0 saturated carbocycles. The monoisotopic (exact) mass is 316 g/mol. The zero-order valence-corrected chi connectivity index (χ0v) is 14.6. The molecule has 0 bridgehead atoms. The Morgan fingerprint density at radius 2 is 1.48 bits per heavy atom. The smallest absolute Gasteiger partial charge is 0.248 e. The first kappa shape index (κ1) is 20.3. The van der Waals surface area contributed by atoms with Crippen LogP contribution in [0.5, 0.6) is 0 Å². The van der Waals surface area contributed by atoms with Crippen LogP contribution in [0, 0.1) is 0 Å². The van der Waals surface area contributed by atoms with E-state index in [2.05, 4.69) is 13.8 Å². The van der Waals surface area contributed by atoms with Gasteiger partial charge in [0.25, 0.3) is 0 Å². The minimum atomic E-state index is 0.0549. The molecule has 0 aromatic carbocycles. The summed E-state index contributed by atoms with van der Waals surface area (Å²) in [4.78, 5) is 14.4. The van der Waals surface area contributed by atoms with E-state index in [1.54, 1.807) is 0 Å². The normalized spacial score (nSPS) is 10.6. The van der Waals surface area contributed by atoms with Crippen LogP contribution in [0.3, 0.4) is 0 Å². The highest BCUT2D eigenvalue weighted by atomic mass is 32.1. The molecule has 0 aliphatic heterocycles. The lowest BCUT2D eigenvalue weighted by atomic mass is 10.1. The average Bonchev–Trinajstić information content (AvgIpc) is 2.45. The van der Waals surface area contributed by atoms with Crippen LogP contribution in [0.4, 0.5) is 0 Å². The van der Waals surface area contributed by atoms with Gasteiger partial charge in [0.2, 0.25) is 5.91 Å². The van der Waals surface area contributed by atoms with Crippen LogP contribution in [0.25, 0.3) is 0 Å². The van der Waals surface area contributed by atoms with Gasteiger partial charge < -0.3 is 15.4 Å². The van der Waals surface area contributed by atoms with Gasteiger partial charge in [-0.2, -0.15) is 0 Å². The van der Waals surface area contributed by atoms with E-state index < -0.39 is 0 Å². The average molecular weight is 317 g/mol. The SMILES string of the molecule is CCCCCCN(CCCCCC)C(=O)COCC(N)=S. The lowest BCUT2D eigenvalue weighted by molar-refractivity contribution is -0.135. The number of hydrogen-bond acceptors (Lipinski definition) is 3. The third-order valence-corrected chi connectivity index (χ3v) is 3.50. The molecule has 124 valence electrons. The molecular formula is C16H32N2O2S. The highest BCUT2D eigenvalue weighted by molar-refractivity contribution is 7.80. The summed E-state index contributed by atoms with van der Waals surface area (Å²) in [6.07, 6.45) is 9.39. The molecule has 0 heterocycles. The van der Waals surface area contributed by atoms with Gasteiger partial charge in [0.05, 0.1) is 11.6 Å². The first-order valence-corrected chi connectivity index (χ1v) is 8.66. The summed E-state index contributed by atoms with van der Waals surface area (Å²) in [7, 11) is 0. The molecule has 21 heavy (non-hydrogen) atoms. The first-order chi connectivity index (χ1) is 10.1. The van der Waals surface area contributed by atoms with Crippen molar-refractivity contribution in [2.45, 2.75) is 65.2 Å². The van der Waals surface area contributed by atoms with Crippen LogP contribution in [0.2, 0.25) is 0 Å². The molecule has 1 amide bonds. The lowest BCUT2D eigenvalue weighted by Crippen LogP contribution is -2.36. The number of hydrogen-bond donors (Lipinski definition) is 1. The first-order valence-electron chi connectivity index (χ1n) is 8.25. The molecule has 0 fully saturated rings. The zero-order chi connectivity index (χ0) is 15.9. The summed E-state index contributed by atoms with van der Waals surface area (Å²) in [5.74, 6) is 0.0549. The van der Waals surface area contributed by atoms with Gasteiger partial charge in [-0.05, 0) is 12.8 Å². The summed E-state index contributed by atoms with van der Waals surface area (Å²) in [5.41, 5.74) is 5.36. The second kappa shape index (κ2) is 14.3. The van der Waals surface area contributed by atoms with E-state index in [-0.39, 0.29) is 19.1 Å². The third-order valence-electron chi connectivity index (χ3n) is 3.39. The van der Waals surface area contributed by atoms with Crippen LogP contribution in [-0.4, -0.2) is 42.1 Å². The van der Waals surface area contributed by atoms with Gasteiger partial charge in [-0.1, -0.05) is 64.6 Å². The maximum absolute atomic E-state index is 12.2. The van der Waals surface area contributed by atoms with Crippen molar-refractivity contribution >= 4 is 23.1 Å². The van der Waals surface area contributed by atoms with Crippen molar-refractivity contribution in [1.82, 2.24) is 4.90 Å². The van der Waals surface area contributed by atoms with Crippen molar-refractivity contribution in [2.24, 2.45) is 5.73 Å². The number of thiocarbonyl (C=S) groups is 1. The van der Waals surface area contributed by atoms with Crippen LogP contribution < -0.4 is 5.73 Å². The Morgan fingerprint density at radius 3 is 1.90 bits per heavy atom. The van der Waals surface area contributed by atoms with E-state index in [9.17, 15) is 4.79 Å². The summed E-state index contributed by atoms with van der Waals surface area (Å²) < 4.78 is 5.24. The molecular weight excluding hydrogens is 284 g/mol. The van der Waals surface area contributed by atoms with Crippen molar-refractivity contribution < 1.29 is 9.53 Å². The second-order valence-corrected chi connectivity index (χ2v) is 5.99. The van der Waals surface area contributed by atoms with Gasteiger partial charge in [0.1, 0.15) is 6.61 Å². The van der Waals surface area contributed by atoms with E-state index in [1.807, 2.05) is 4.90 Å².